The van der Waals surface area contributed by atoms with Gasteiger partial charge < -0.3 is 29.3 Å². The average molecular weight is 333 g/mol. The van der Waals surface area contributed by atoms with Crippen molar-refractivity contribution in [2.24, 2.45) is 0 Å². The molecule has 0 radical (unpaired) electrons. The van der Waals surface area contributed by atoms with E-state index in [4.69, 9.17) is 9.84 Å². The third-order valence-electron chi connectivity index (χ3n) is 3.34. The topological polar surface area (TPSA) is 107 Å². The maximum absolute atomic E-state index is 12.1. The lowest BCUT2D eigenvalue weighted by Gasteiger charge is -2.34. The number of carboxylic acid groups (broad SMARTS) is 1. The predicted octanol–water partition coefficient (Wildman–Crippen LogP) is -0.560. The molecule has 0 rings (SSSR count). The van der Waals surface area contributed by atoms with Crippen molar-refractivity contribution in [1.82, 2.24) is 0 Å². The van der Waals surface area contributed by atoms with E-state index in [1.807, 2.05) is 0 Å². The van der Waals surface area contributed by atoms with Gasteiger partial charge in [-0.05, 0) is 12.8 Å². The van der Waals surface area contributed by atoms with Crippen molar-refractivity contribution in [3.05, 3.63) is 0 Å². The highest BCUT2D eigenvalue weighted by Crippen LogP contribution is 2.17. The van der Waals surface area contributed by atoms with E-state index in [9.17, 15) is 19.8 Å². The summed E-state index contributed by atoms with van der Waals surface area (Å²) in [4.78, 5) is 22.9. The van der Waals surface area contributed by atoms with E-state index in [2.05, 4.69) is 0 Å². The first-order valence-corrected chi connectivity index (χ1v) is 8.11. The zero-order valence-electron chi connectivity index (χ0n) is 14.5. The predicted molar refractivity (Wildman–Crippen MR) is 83.2 cm³/mol. The second-order valence-corrected chi connectivity index (χ2v) is 7.01. The first-order chi connectivity index (χ1) is 10.6. The Hall–Kier alpha value is -1.18. The molecule has 0 saturated carbocycles. The van der Waals surface area contributed by atoms with Gasteiger partial charge in [0.15, 0.2) is 0 Å². The van der Waals surface area contributed by atoms with E-state index >= 15 is 0 Å². The average Bonchev–Trinajstić information content (AvgIpc) is 2.38. The molecule has 0 spiro atoms. The van der Waals surface area contributed by atoms with Crippen molar-refractivity contribution in [3.63, 3.8) is 0 Å². The van der Waals surface area contributed by atoms with Crippen LogP contribution in [0.4, 0.5) is 0 Å². The van der Waals surface area contributed by atoms with Crippen molar-refractivity contribution >= 4 is 11.9 Å². The van der Waals surface area contributed by atoms with Crippen molar-refractivity contribution < 1.29 is 34.1 Å². The molecule has 1 unspecified atom stereocenters. The van der Waals surface area contributed by atoms with Crippen LogP contribution in [0.15, 0.2) is 0 Å². The summed E-state index contributed by atoms with van der Waals surface area (Å²) < 4.78 is 5.28. The molecule has 0 fully saturated rings. The number of carbonyl (C=O) groups excluding carboxylic acids is 2. The standard InChI is InChI=1S/C16H31NO6/c1-17(2,3)13-16(22,12-14(19)20)15(21)23-11-9-7-5-4-6-8-10-18/h18,22H,4-13H2,1-3H3. The third-order valence-corrected chi connectivity index (χ3v) is 3.34. The number of aliphatic hydroxyl groups excluding tert-OH is 1. The van der Waals surface area contributed by atoms with Crippen molar-refractivity contribution in [3.8, 4) is 0 Å². The SMILES string of the molecule is C[N+](C)(C)CC(O)(CC(=O)[O-])C(=O)OCCCCCCCCO. The zero-order valence-corrected chi connectivity index (χ0v) is 14.5. The van der Waals surface area contributed by atoms with Gasteiger partial charge in [-0.1, -0.05) is 25.7 Å². The molecular formula is C16H31NO6. The number of ether oxygens (including phenoxy) is 1. The lowest BCUT2D eigenvalue weighted by atomic mass is 9.98. The Morgan fingerprint density at radius 3 is 2.04 bits per heavy atom. The van der Waals surface area contributed by atoms with E-state index in [1.54, 1.807) is 21.1 Å². The quantitative estimate of drug-likeness (QED) is 0.266. The molecule has 0 aromatic heterocycles. The fourth-order valence-electron chi connectivity index (χ4n) is 2.44. The number of carbonyl (C=O) groups is 2. The number of hydrogen-bond acceptors (Lipinski definition) is 6. The number of unbranched alkanes of at least 4 members (excludes halogenated alkanes) is 5. The van der Waals surface area contributed by atoms with E-state index in [0.29, 0.717) is 6.42 Å². The van der Waals surface area contributed by atoms with Gasteiger partial charge in [0.2, 0.25) is 5.60 Å². The molecule has 0 amide bonds. The van der Waals surface area contributed by atoms with Crippen molar-refractivity contribution in [2.75, 3.05) is 40.9 Å². The molecule has 136 valence electrons. The minimum Gasteiger partial charge on any atom is -0.550 e. The van der Waals surface area contributed by atoms with Gasteiger partial charge in [-0.3, -0.25) is 0 Å². The highest BCUT2D eigenvalue weighted by atomic mass is 16.5. The molecule has 1 atom stereocenters. The van der Waals surface area contributed by atoms with Gasteiger partial charge in [0.05, 0.1) is 27.7 Å². The Morgan fingerprint density at radius 2 is 1.57 bits per heavy atom. The second-order valence-electron chi connectivity index (χ2n) is 7.01. The minimum atomic E-state index is -2.07. The minimum absolute atomic E-state index is 0.0685. The zero-order chi connectivity index (χ0) is 17.9. The van der Waals surface area contributed by atoms with Crippen LogP contribution in [0, 0.1) is 0 Å². The molecule has 0 saturated heterocycles. The van der Waals surface area contributed by atoms with Gasteiger partial charge in [-0.15, -0.1) is 0 Å². The van der Waals surface area contributed by atoms with E-state index < -0.39 is 24.0 Å². The van der Waals surface area contributed by atoms with Gasteiger partial charge in [-0.2, -0.15) is 0 Å². The number of hydrogen-bond donors (Lipinski definition) is 2. The third kappa shape index (κ3) is 11.1. The first-order valence-electron chi connectivity index (χ1n) is 8.11. The molecule has 7 nitrogen and oxygen atoms in total. The Morgan fingerprint density at radius 1 is 1.04 bits per heavy atom. The Bertz CT molecular complexity index is 366. The van der Waals surface area contributed by atoms with Crippen molar-refractivity contribution in [1.29, 1.82) is 0 Å². The molecule has 23 heavy (non-hydrogen) atoms. The molecule has 0 bridgehead atoms. The molecule has 0 aromatic carbocycles. The fraction of sp³-hybridized carbons (Fsp3) is 0.875. The number of aliphatic carboxylic acids is 1. The second kappa shape index (κ2) is 10.6. The molecule has 0 aliphatic rings. The van der Waals surface area contributed by atoms with Gasteiger partial charge in [-0.25, -0.2) is 4.79 Å². The summed E-state index contributed by atoms with van der Waals surface area (Å²) in [6, 6.07) is 0. The van der Waals surface area contributed by atoms with E-state index in [1.165, 1.54) is 0 Å². The van der Waals surface area contributed by atoms with Crippen LogP contribution >= 0.6 is 0 Å². The highest BCUT2D eigenvalue weighted by Gasteiger charge is 2.43. The van der Waals surface area contributed by atoms with Gasteiger partial charge >= 0.3 is 5.97 Å². The van der Waals surface area contributed by atoms with Gasteiger partial charge in [0, 0.05) is 19.0 Å². The maximum atomic E-state index is 12.1. The number of rotatable bonds is 13. The Kier molecular flexibility index (Phi) is 10.0. The Labute approximate surface area is 138 Å². The lowest BCUT2D eigenvalue weighted by molar-refractivity contribution is -0.875. The number of quaternary nitrogens is 1. The molecule has 0 heterocycles. The smallest absolute Gasteiger partial charge is 0.344 e. The lowest BCUT2D eigenvalue weighted by Crippen LogP contribution is -2.56. The molecule has 0 aliphatic heterocycles. The first kappa shape index (κ1) is 21.8. The van der Waals surface area contributed by atoms with Gasteiger partial charge in [0.25, 0.3) is 0 Å². The molecular weight excluding hydrogens is 302 g/mol. The number of esters is 1. The number of aliphatic hydroxyl groups is 2. The van der Waals surface area contributed by atoms with Crippen LogP contribution in [0.25, 0.3) is 0 Å². The van der Waals surface area contributed by atoms with Crippen LogP contribution in [0.1, 0.15) is 44.9 Å². The van der Waals surface area contributed by atoms with Crippen LogP contribution in [0.5, 0.6) is 0 Å². The molecule has 7 heteroatoms. The summed E-state index contributed by atoms with van der Waals surface area (Å²) in [5, 5.41) is 29.8. The summed E-state index contributed by atoms with van der Waals surface area (Å²) in [6.45, 7) is 0.299. The Balaban J connectivity index is 4.22. The summed E-state index contributed by atoms with van der Waals surface area (Å²) in [5.41, 5.74) is -2.07. The van der Waals surface area contributed by atoms with E-state index in [-0.39, 0.29) is 24.2 Å². The molecule has 2 N–H and O–H groups in total. The highest BCUT2D eigenvalue weighted by molar-refractivity contribution is 5.84. The summed E-state index contributed by atoms with van der Waals surface area (Å²) in [7, 11) is 5.25. The summed E-state index contributed by atoms with van der Waals surface area (Å²) >= 11 is 0. The number of carboxylic acids is 1. The van der Waals surface area contributed by atoms with Crippen LogP contribution in [0.3, 0.4) is 0 Å². The normalized spacial score (nSPS) is 14.3. The van der Waals surface area contributed by atoms with Crippen LogP contribution in [-0.4, -0.2) is 73.1 Å². The summed E-state index contributed by atoms with van der Waals surface area (Å²) in [5.74, 6) is -2.39. The van der Waals surface area contributed by atoms with Crippen LogP contribution in [0.2, 0.25) is 0 Å². The maximum Gasteiger partial charge on any atom is 0.344 e. The van der Waals surface area contributed by atoms with Crippen molar-refractivity contribution in [2.45, 2.75) is 50.5 Å². The fourth-order valence-corrected chi connectivity index (χ4v) is 2.44. The van der Waals surface area contributed by atoms with Crippen LogP contribution in [-0.2, 0) is 14.3 Å². The van der Waals surface area contributed by atoms with Crippen LogP contribution < -0.4 is 5.11 Å². The largest absolute Gasteiger partial charge is 0.550 e. The monoisotopic (exact) mass is 333 g/mol. The van der Waals surface area contributed by atoms with Gasteiger partial charge in [0.1, 0.15) is 6.54 Å². The molecule has 0 aromatic rings. The summed E-state index contributed by atoms with van der Waals surface area (Å²) in [6.07, 6.45) is 4.55. The number of nitrogens with zero attached hydrogens (tertiary/aromatic N) is 1. The molecule has 0 aliphatic carbocycles. The number of likely N-dealkylation sites (N-methyl/N-ethyl adjacent to an activating group) is 1. The van der Waals surface area contributed by atoms with E-state index in [0.717, 1.165) is 32.1 Å².